The number of amides is 1. The molecule has 100 valence electrons. The van der Waals surface area contributed by atoms with Gasteiger partial charge in [-0.25, -0.2) is 0 Å². The highest BCUT2D eigenvalue weighted by molar-refractivity contribution is 5.95. The Labute approximate surface area is 107 Å². The summed E-state index contributed by atoms with van der Waals surface area (Å²) in [7, 11) is 3.55. The van der Waals surface area contributed by atoms with Crippen molar-refractivity contribution < 1.29 is 9.90 Å². The van der Waals surface area contributed by atoms with Crippen molar-refractivity contribution in [3.05, 3.63) is 17.5 Å². The minimum absolute atomic E-state index is 0.0559. The minimum atomic E-state index is -0.388. The molecule has 1 aliphatic rings. The van der Waals surface area contributed by atoms with E-state index in [9.17, 15) is 9.90 Å². The highest BCUT2D eigenvalue weighted by Gasteiger charge is 2.31. The third-order valence-electron chi connectivity index (χ3n) is 3.44. The number of rotatable bonds is 5. The fourth-order valence-corrected chi connectivity index (χ4v) is 2.17. The predicted molar refractivity (Wildman–Crippen MR) is 68.3 cm³/mol. The van der Waals surface area contributed by atoms with E-state index in [-0.39, 0.29) is 12.0 Å². The number of aliphatic hydroxyl groups excluding tert-OH is 1. The Hall–Kier alpha value is -1.36. The molecule has 5 heteroatoms. The van der Waals surface area contributed by atoms with E-state index in [0.29, 0.717) is 18.0 Å². The Morgan fingerprint density at radius 2 is 2.33 bits per heavy atom. The van der Waals surface area contributed by atoms with Gasteiger partial charge in [0, 0.05) is 26.8 Å². The van der Waals surface area contributed by atoms with Gasteiger partial charge in [-0.05, 0) is 25.2 Å². The first-order valence-electron chi connectivity index (χ1n) is 6.49. The molecule has 1 atom stereocenters. The number of hydrogen-bond acceptors (Lipinski definition) is 3. The number of carbonyl (C=O) groups is 1. The zero-order valence-electron chi connectivity index (χ0n) is 11.3. The van der Waals surface area contributed by atoms with Crippen molar-refractivity contribution in [2.75, 3.05) is 13.6 Å². The van der Waals surface area contributed by atoms with Crippen molar-refractivity contribution in [1.29, 1.82) is 0 Å². The molecule has 18 heavy (non-hydrogen) atoms. The largest absolute Gasteiger partial charge is 0.391 e. The van der Waals surface area contributed by atoms with Crippen molar-refractivity contribution in [3.8, 4) is 0 Å². The van der Waals surface area contributed by atoms with E-state index in [1.54, 1.807) is 22.8 Å². The lowest BCUT2D eigenvalue weighted by Crippen LogP contribution is -2.35. The number of likely N-dealkylation sites (N-methyl/N-ethyl adjacent to an activating group) is 1. The lowest BCUT2D eigenvalue weighted by molar-refractivity contribution is 0.0644. The molecule has 1 aromatic heterocycles. The lowest BCUT2D eigenvalue weighted by atomic mass is 10.1. The molecule has 5 nitrogen and oxygen atoms in total. The van der Waals surface area contributed by atoms with Crippen LogP contribution in [0, 0.1) is 5.92 Å². The van der Waals surface area contributed by atoms with Crippen LogP contribution in [0.2, 0.25) is 0 Å². The van der Waals surface area contributed by atoms with Gasteiger partial charge in [-0.15, -0.1) is 0 Å². The molecule has 1 heterocycles. The van der Waals surface area contributed by atoms with Gasteiger partial charge in [-0.3, -0.25) is 9.48 Å². The zero-order valence-corrected chi connectivity index (χ0v) is 11.3. The normalized spacial score (nSPS) is 16.7. The second-order valence-electron chi connectivity index (χ2n) is 5.11. The Balaban J connectivity index is 2.04. The number of hydrogen-bond donors (Lipinski definition) is 1. The number of carbonyl (C=O) groups excluding carboxylic acids is 1. The lowest BCUT2D eigenvalue weighted by Gasteiger charge is -2.20. The summed E-state index contributed by atoms with van der Waals surface area (Å²) < 4.78 is 1.66. The molecule has 1 aromatic rings. The molecule has 1 aliphatic carbocycles. The van der Waals surface area contributed by atoms with Crippen LogP contribution in [0.5, 0.6) is 0 Å². The Kier molecular flexibility index (Phi) is 3.71. The van der Waals surface area contributed by atoms with Crippen LogP contribution in [-0.2, 0) is 13.5 Å². The molecule has 0 radical (unpaired) electrons. The van der Waals surface area contributed by atoms with Gasteiger partial charge in [0.05, 0.1) is 17.4 Å². The standard InChI is InChI=1S/C13H21N3O2/c1-4-11-10(7-16(3)14-11)13(18)15(2)8-12(17)9-5-6-9/h7,9,12,17H,4-6,8H2,1-3H3. The van der Waals surface area contributed by atoms with Crippen molar-refractivity contribution in [3.63, 3.8) is 0 Å². The number of nitrogens with zero attached hydrogens (tertiary/aromatic N) is 3. The SMILES string of the molecule is CCc1nn(C)cc1C(=O)N(C)CC(O)C1CC1. The minimum Gasteiger partial charge on any atom is -0.391 e. The summed E-state index contributed by atoms with van der Waals surface area (Å²) in [5, 5.41) is 14.1. The average Bonchev–Trinajstić information content (AvgIpc) is 3.11. The number of aliphatic hydroxyl groups is 1. The topological polar surface area (TPSA) is 58.4 Å². The van der Waals surface area contributed by atoms with Crippen molar-refractivity contribution in [1.82, 2.24) is 14.7 Å². The molecule has 1 fully saturated rings. The smallest absolute Gasteiger partial charge is 0.257 e. The van der Waals surface area contributed by atoms with Crippen molar-refractivity contribution in [2.45, 2.75) is 32.3 Å². The van der Waals surface area contributed by atoms with Crippen LogP contribution in [0.25, 0.3) is 0 Å². The molecule has 0 aromatic carbocycles. The van der Waals surface area contributed by atoms with E-state index in [0.717, 1.165) is 25.0 Å². The third kappa shape index (κ3) is 2.72. The predicted octanol–water partition coefficient (Wildman–Crippen LogP) is 0.825. The second kappa shape index (κ2) is 5.10. The van der Waals surface area contributed by atoms with E-state index < -0.39 is 0 Å². The molecule has 0 aliphatic heterocycles. The van der Waals surface area contributed by atoms with E-state index in [4.69, 9.17) is 0 Å². The van der Waals surface area contributed by atoms with E-state index in [1.165, 1.54) is 0 Å². The van der Waals surface area contributed by atoms with Crippen LogP contribution in [0.4, 0.5) is 0 Å². The van der Waals surface area contributed by atoms with Crippen LogP contribution < -0.4 is 0 Å². The quantitative estimate of drug-likeness (QED) is 0.843. The first kappa shape index (κ1) is 13.1. The van der Waals surface area contributed by atoms with Gasteiger partial charge in [-0.1, -0.05) is 6.92 Å². The van der Waals surface area contributed by atoms with Crippen LogP contribution in [0.3, 0.4) is 0 Å². The van der Waals surface area contributed by atoms with E-state index in [2.05, 4.69) is 5.10 Å². The Bertz CT molecular complexity index is 437. The average molecular weight is 251 g/mol. The van der Waals surface area contributed by atoms with Crippen LogP contribution in [-0.4, -0.2) is 45.4 Å². The molecule has 0 spiro atoms. The summed E-state index contributed by atoms with van der Waals surface area (Å²) in [5.74, 6) is 0.333. The summed E-state index contributed by atoms with van der Waals surface area (Å²) in [5.41, 5.74) is 1.46. The van der Waals surface area contributed by atoms with Crippen molar-refractivity contribution in [2.24, 2.45) is 13.0 Å². The molecule has 1 N–H and O–H groups in total. The molecule has 1 unspecified atom stereocenters. The van der Waals surface area contributed by atoms with Gasteiger partial charge in [0.1, 0.15) is 0 Å². The Morgan fingerprint density at radius 1 is 1.67 bits per heavy atom. The van der Waals surface area contributed by atoms with Gasteiger partial charge < -0.3 is 10.0 Å². The van der Waals surface area contributed by atoms with Gasteiger partial charge in [-0.2, -0.15) is 5.10 Å². The summed E-state index contributed by atoms with van der Waals surface area (Å²) in [4.78, 5) is 13.9. The molecule has 1 amide bonds. The van der Waals surface area contributed by atoms with Gasteiger partial charge in [0.2, 0.25) is 0 Å². The maximum absolute atomic E-state index is 12.3. The fourth-order valence-electron chi connectivity index (χ4n) is 2.17. The van der Waals surface area contributed by atoms with E-state index >= 15 is 0 Å². The fraction of sp³-hybridized carbons (Fsp3) is 0.692. The first-order valence-corrected chi connectivity index (χ1v) is 6.49. The van der Waals surface area contributed by atoms with Gasteiger partial charge >= 0.3 is 0 Å². The molecular formula is C13H21N3O2. The first-order chi connectivity index (χ1) is 8.52. The maximum atomic E-state index is 12.3. The highest BCUT2D eigenvalue weighted by atomic mass is 16.3. The summed E-state index contributed by atoms with van der Waals surface area (Å²) in [6, 6.07) is 0. The summed E-state index contributed by atoms with van der Waals surface area (Å²) in [6.45, 7) is 2.39. The third-order valence-corrected chi connectivity index (χ3v) is 3.44. The number of aryl methyl sites for hydroxylation is 2. The van der Waals surface area contributed by atoms with Crippen LogP contribution in [0.1, 0.15) is 35.8 Å². The maximum Gasteiger partial charge on any atom is 0.257 e. The van der Waals surface area contributed by atoms with Gasteiger partial charge in [0.25, 0.3) is 5.91 Å². The van der Waals surface area contributed by atoms with Crippen LogP contribution >= 0.6 is 0 Å². The van der Waals surface area contributed by atoms with Crippen LogP contribution in [0.15, 0.2) is 6.20 Å². The molecule has 1 saturated carbocycles. The number of aromatic nitrogens is 2. The van der Waals surface area contributed by atoms with Crippen molar-refractivity contribution >= 4 is 5.91 Å². The highest BCUT2D eigenvalue weighted by Crippen LogP contribution is 2.32. The monoisotopic (exact) mass is 251 g/mol. The Morgan fingerprint density at radius 3 is 2.89 bits per heavy atom. The molecule has 0 saturated heterocycles. The zero-order chi connectivity index (χ0) is 13.3. The molecule has 0 bridgehead atoms. The molecular weight excluding hydrogens is 230 g/mol. The van der Waals surface area contributed by atoms with Gasteiger partial charge in [0.15, 0.2) is 0 Å². The van der Waals surface area contributed by atoms with E-state index in [1.807, 2.05) is 14.0 Å². The summed E-state index contributed by atoms with van der Waals surface area (Å²) in [6.07, 6.45) is 4.26. The molecule has 2 rings (SSSR count). The summed E-state index contributed by atoms with van der Waals surface area (Å²) >= 11 is 0. The second-order valence-corrected chi connectivity index (χ2v) is 5.11.